The van der Waals surface area contributed by atoms with Crippen molar-refractivity contribution in [3.05, 3.63) is 28.5 Å². The average molecular weight is 314 g/mol. The van der Waals surface area contributed by atoms with Crippen molar-refractivity contribution in [3.63, 3.8) is 0 Å². The molecule has 2 amide bonds. The Labute approximate surface area is 114 Å². The molecule has 1 rings (SSSR count). The first-order valence-electron chi connectivity index (χ1n) is 5.60. The zero-order chi connectivity index (χ0) is 13.7. The van der Waals surface area contributed by atoms with Gasteiger partial charge in [-0.1, -0.05) is 19.9 Å². The number of hydrogen-bond donors (Lipinski definition) is 1. The first kappa shape index (κ1) is 14.6. The van der Waals surface area contributed by atoms with E-state index in [1.165, 1.54) is 4.90 Å². The molecule has 0 aliphatic rings. The van der Waals surface area contributed by atoms with E-state index in [9.17, 15) is 9.59 Å². The van der Waals surface area contributed by atoms with Gasteiger partial charge in [-0.25, -0.2) is 4.98 Å². The van der Waals surface area contributed by atoms with E-state index in [0.717, 1.165) is 0 Å². The Hall–Kier alpha value is -1.43. The molecule has 1 aromatic rings. The standard InChI is InChI=1S/C12H16BrN3O2/c1-8(2)6-16(7-11(14)17)12(18)9-4-3-5-10(13)15-9/h3-5,8H,6-7H2,1-2H3,(H2,14,17). The topological polar surface area (TPSA) is 76.3 Å². The van der Waals surface area contributed by atoms with Crippen LogP contribution in [-0.4, -0.2) is 34.8 Å². The average Bonchev–Trinajstić information content (AvgIpc) is 2.26. The number of nitrogens with zero attached hydrogens (tertiary/aromatic N) is 2. The van der Waals surface area contributed by atoms with Crippen LogP contribution in [0.3, 0.4) is 0 Å². The predicted molar refractivity (Wildman–Crippen MR) is 71.9 cm³/mol. The Kier molecular flexibility index (Phi) is 5.27. The quantitative estimate of drug-likeness (QED) is 0.835. The van der Waals surface area contributed by atoms with Crippen LogP contribution in [0.2, 0.25) is 0 Å². The molecule has 98 valence electrons. The number of rotatable bonds is 5. The van der Waals surface area contributed by atoms with Crippen molar-refractivity contribution in [1.29, 1.82) is 0 Å². The van der Waals surface area contributed by atoms with E-state index in [1.54, 1.807) is 18.2 Å². The van der Waals surface area contributed by atoms with Crippen molar-refractivity contribution in [2.75, 3.05) is 13.1 Å². The largest absolute Gasteiger partial charge is 0.368 e. The summed E-state index contributed by atoms with van der Waals surface area (Å²) in [6.07, 6.45) is 0. The van der Waals surface area contributed by atoms with E-state index in [0.29, 0.717) is 16.8 Å². The SMILES string of the molecule is CC(C)CN(CC(N)=O)C(=O)c1cccc(Br)n1. The van der Waals surface area contributed by atoms with Gasteiger partial charge in [-0.15, -0.1) is 0 Å². The zero-order valence-electron chi connectivity index (χ0n) is 10.4. The second kappa shape index (κ2) is 6.49. The van der Waals surface area contributed by atoms with Gasteiger partial charge >= 0.3 is 0 Å². The molecule has 0 saturated heterocycles. The highest BCUT2D eigenvalue weighted by atomic mass is 79.9. The molecule has 0 bridgehead atoms. The van der Waals surface area contributed by atoms with E-state index in [4.69, 9.17) is 5.73 Å². The maximum absolute atomic E-state index is 12.2. The van der Waals surface area contributed by atoms with Crippen LogP contribution in [0.4, 0.5) is 0 Å². The molecule has 0 unspecified atom stereocenters. The van der Waals surface area contributed by atoms with Crippen LogP contribution in [0.15, 0.2) is 22.8 Å². The van der Waals surface area contributed by atoms with Gasteiger partial charge < -0.3 is 10.6 Å². The molecule has 2 N–H and O–H groups in total. The van der Waals surface area contributed by atoms with Crippen LogP contribution in [0.25, 0.3) is 0 Å². The number of carbonyl (C=O) groups excluding carboxylic acids is 2. The Morgan fingerprint density at radius 1 is 1.44 bits per heavy atom. The van der Waals surface area contributed by atoms with Gasteiger partial charge in [-0.3, -0.25) is 9.59 Å². The van der Waals surface area contributed by atoms with Crippen LogP contribution in [-0.2, 0) is 4.79 Å². The third-order valence-corrected chi connectivity index (χ3v) is 2.60. The molecule has 0 aliphatic carbocycles. The van der Waals surface area contributed by atoms with Crippen molar-refractivity contribution < 1.29 is 9.59 Å². The van der Waals surface area contributed by atoms with Gasteiger partial charge in [0.15, 0.2) is 0 Å². The third kappa shape index (κ3) is 4.44. The highest BCUT2D eigenvalue weighted by Gasteiger charge is 2.19. The summed E-state index contributed by atoms with van der Waals surface area (Å²) in [6, 6.07) is 5.07. The zero-order valence-corrected chi connectivity index (χ0v) is 12.0. The summed E-state index contributed by atoms with van der Waals surface area (Å²) in [4.78, 5) is 28.7. The molecule has 0 aliphatic heterocycles. The summed E-state index contributed by atoms with van der Waals surface area (Å²) in [5.41, 5.74) is 5.45. The summed E-state index contributed by atoms with van der Waals surface area (Å²) in [5, 5.41) is 0. The minimum Gasteiger partial charge on any atom is -0.368 e. The second-order valence-electron chi connectivity index (χ2n) is 4.39. The fraction of sp³-hybridized carbons (Fsp3) is 0.417. The summed E-state index contributed by atoms with van der Waals surface area (Å²) in [6.45, 7) is 4.31. The molecule has 0 saturated carbocycles. The molecule has 5 nitrogen and oxygen atoms in total. The van der Waals surface area contributed by atoms with Crippen LogP contribution in [0.5, 0.6) is 0 Å². The number of pyridine rings is 1. The molecular formula is C12H16BrN3O2. The van der Waals surface area contributed by atoms with Gasteiger partial charge in [-0.05, 0) is 34.0 Å². The molecular weight excluding hydrogens is 298 g/mol. The van der Waals surface area contributed by atoms with Crippen LogP contribution < -0.4 is 5.73 Å². The van der Waals surface area contributed by atoms with E-state index in [1.807, 2.05) is 13.8 Å². The number of nitrogens with two attached hydrogens (primary N) is 1. The highest BCUT2D eigenvalue weighted by Crippen LogP contribution is 2.10. The molecule has 1 aromatic heterocycles. The molecule has 0 fully saturated rings. The number of aromatic nitrogens is 1. The van der Waals surface area contributed by atoms with Crippen molar-refractivity contribution in [3.8, 4) is 0 Å². The summed E-state index contributed by atoms with van der Waals surface area (Å²) >= 11 is 3.21. The van der Waals surface area contributed by atoms with Crippen molar-refractivity contribution in [2.45, 2.75) is 13.8 Å². The smallest absolute Gasteiger partial charge is 0.272 e. The maximum Gasteiger partial charge on any atom is 0.272 e. The minimum atomic E-state index is -0.529. The number of halogens is 1. The van der Waals surface area contributed by atoms with Gasteiger partial charge in [0, 0.05) is 6.54 Å². The number of primary amides is 1. The number of amides is 2. The van der Waals surface area contributed by atoms with Crippen molar-refractivity contribution >= 4 is 27.7 Å². The fourth-order valence-corrected chi connectivity index (χ4v) is 1.88. The van der Waals surface area contributed by atoms with E-state index in [2.05, 4.69) is 20.9 Å². The molecule has 0 radical (unpaired) electrons. The summed E-state index contributed by atoms with van der Waals surface area (Å²) in [7, 11) is 0. The normalized spacial score (nSPS) is 10.4. The van der Waals surface area contributed by atoms with Gasteiger partial charge in [-0.2, -0.15) is 0 Å². The first-order chi connectivity index (χ1) is 8.40. The third-order valence-electron chi connectivity index (χ3n) is 2.15. The maximum atomic E-state index is 12.2. The van der Waals surface area contributed by atoms with E-state index >= 15 is 0 Å². The van der Waals surface area contributed by atoms with Crippen LogP contribution in [0.1, 0.15) is 24.3 Å². The van der Waals surface area contributed by atoms with Crippen LogP contribution in [0, 0.1) is 5.92 Å². The predicted octanol–water partition coefficient (Wildman–Crippen LogP) is 1.43. The molecule has 0 atom stereocenters. The lowest BCUT2D eigenvalue weighted by Gasteiger charge is -2.22. The monoisotopic (exact) mass is 313 g/mol. The van der Waals surface area contributed by atoms with E-state index < -0.39 is 5.91 Å². The summed E-state index contributed by atoms with van der Waals surface area (Å²) < 4.78 is 0.580. The van der Waals surface area contributed by atoms with Gasteiger partial charge in [0.05, 0.1) is 6.54 Å². The first-order valence-corrected chi connectivity index (χ1v) is 6.39. The molecule has 18 heavy (non-hydrogen) atoms. The van der Waals surface area contributed by atoms with Gasteiger partial charge in [0.2, 0.25) is 5.91 Å². The number of hydrogen-bond acceptors (Lipinski definition) is 3. The van der Waals surface area contributed by atoms with Crippen LogP contribution >= 0.6 is 15.9 Å². The lowest BCUT2D eigenvalue weighted by Crippen LogP contribution is -2.40. The molecule has 0 spiro atoms. The second-order valence-corrected chi connectivity index (χ2v) is 5.20. The van der Waals surface area contributed by atoms with Gasteiger partial charge in [0.1, 0.15) is 10.3 Å². The van der Waals surface area contributed by atoms with Crippen molar-refractivity contribution in [2.24, 2.45) is 11.7 Å². The van der Waals surface area contributed by atoms with Crippen molar-refractivity contribution in [1.82, 2.24) is 9.88 Å². The lowest BCUT2D eigenvalue weighted by atomic mass is 10.2. The minimum absolute atomic E-state index is 0.0921. The Morgan fingerprint density at radius 3 is 2.61 bits per heavy atom. The summed E-state index contributed by atoms with van der Waals surface area (Å²) in [5.74, 6) is -0.566. The molecule has 0 aromatic carbocycles. The van der Waals surface area contributed by atoms with E-state index in [-0.39, 0.29) is 18.4 Å². The molecule has 1 heterocycles. The Morgan fingerprint density at radius 2 is 2.11 bits per heavy atom. The fourth-order valence-electron chi connectivity index (χ4n) is 1.54. The Balaban J connectivity index is 2.90. The number of carbonyl (C=O) groups is 2. The lowest BCUT2D eigenvalue weighted by molar-refractivity contribution is -0.118. The van der Waals surface area contributed by atoms with Gasteiger partial charge in [0.25, 0.3) is 5.91 Å². The Bertz CT molecular complexity index is 449. The highest BCUT2D eigenvalue weighted by molar-refractivity contribution is 9.10. The molecule has 6 heteroatoms.